The number of rotatable bonds is 6. The zero-order valence-electron chi connectivity index (χ0n) is 11.6. The third-order valence-electron chi connectivity index (χ3n) is 3.05. The Morgan fingerprint density at radius 1 is 1.25 bits per heavy atom. The van der Waals surface area contributed by atoms with Gasteiger partial charge in [-0.1, -0.05) is 19.1 Å². The van der Waals surface area contributed by atoms with Crippen LogP contribution in [0, 0.1) is 0 Å². The van der Waals surface area contributed by atoms with E-state index < -0.39 is 9.84 Å². The number of sulfone groups is 1. The average Bonchev–Trinajstić information content (AvgIpc) is 2.93. The van der Waals surface area contributed by atoms with Gasteiger partial charge in [0.05, 0.1) is 11.4 Å². The third-order valence-corrected chi connectivity index (χ3v) is 4.94. The van der Waals surface area contributed by atoms with E-state index in [1.807, 2.05) is 37.3 Å². The van der Waals surface area contributed by atoms with E-state index in [9.17, 15) is 8.42 Å². The highest BCUT2D eigenvalue weighted by Crippen LogP contribution is 2.19. The number of H-pyrrole nitrogens is 1. The largest absolute Gasteiger partial charge is 0.382 e. The Labute approximate surface area is 119 Å². The molecule has 0 aliphatic carbocycles. The standard InChI is InChI=1S/C14H19N3O2S/c1-3-20(18,19)10-11(2)16-13-6-4-12(5-7-13)14-8-9-15-17-14/h4-9,11,16H,3,10H2,1-2H3,(H,15,17). The molecule has 20 heavy (non-hydrogen) atoms. The first-order chi connectivity index (χ1) is 9.50. The Bertz CT molecular complexity index is 634. The summed E-state index contributed by atoms with van der Waals surface area (Å²) in [7, 11) is -2.96. The predicted octanol–water partition coefficient (Wildman–Crippen LogP) is 2.31. The van der Waals surface area contributed by atoms with Gasteiger partial charge >= 0.3 is 0 Å². The van der Waals surface area contributed by atoms with Gasteiger partial charge in [-0.25, -0.2) is 8.42 Å². The molecule has 1 aromatic carbocycles. The summed E-state index contributed by atoms with van der Waals surface area (Å²) >= 11 is 0. The van der Waals surface area contributed by atoms with Crippen molar-refractivity contribution in [1.82, 2.24) is 10.2 Å². The van der Waals surface area contributed by atoms with Gasteiger partial charge < -0.3 is 5.32 Å². The van der Waals surface area contributed by atoms with Crippen molar-refractivity contribution in [2.75, 3.05) is 16.8 Å². The number of aromatic nitrogens is 2. The number of hydrogen-bond acceptors (Lipinski definition) is 4. The van der Waals surface area contributed by atoms with Crippen LogP contribution in [-0.2, 0) is 9.84 Å². The van der Waals surface area contributed by atoms with Crippen molar-refractivity contribution < 1.29 is 8.42 Å². The summed E-state index contributed by atoms with van der Waals surface area (Å²) in [6.07, 6.45) is 1.71. The van der Waals surface area contributed by atoms with Crippen LogP contribution < -0.4 is 5.32 Å². The summed E-state index contributed by atoms with van der Waals surface area (Å²) < 4.78 is 23.1. The van der Waals surface area contributed by atoms with Crippen LogP contribution in [0.1, 0.15) is 13.8 Å². The lowest BCUT2D eigenvalue weighted by Gasteiger charge is -2.15. The van der Waals surface area contributed by atoms with Gasteiger partial charge in [0, 0.05) is 23.7 Å². The summed E-state index contributed by atoms with van der Waals surface area (Å²) in [6, 6.07) is 9.60. The van der Waals surface area contributed by atoms with E-state index in [1.165, 1.54) is 0 Å². The van der Waals surface area contributed by atoms with Crippen LogP contribution in [0.25, 0.3) is 11.3 Å². The second-order valence-corrected chi connectivity index (χ2v) is 7.19. The maximum Gasteiger partial charge on any atom is 0.152 e. The van der Waals surface area contributed by atoms with Crippen molar-refractivity contribution in [3.8, 4) is 11.3 Å². The molecule has 1 aromatic heterocycles. The molecule has 0 saturated heterocycles. The van der Waals surface area contributed by atoms with E-state index in [4.69, 9.17) is 0 Å². The molecule has 0 aliphatic rings. The minimum Gasteiger partial charge on any atom is -0.382 e. The van der Waals surface area contributed by atoms with Gasteiger partial charge in [-0.3, -0.25) is 5.10 Å². The van der Waals surface area contributed by atoms with Gasteiger partial charge in [-0.05, 0) is 30.7 Å². The molecular weight excluding hydrogens is 274 g/mol. The highest BCUT2D eigenvalue weighted by Gasteiger charge is 2.13. The molecule has 0 saturated carbocycles. The molecule has 1 atom stereocenters. The summed E-state index contributed by atoms with van der Waals surface area (Å²) in [5.74, 6) is 0.323. The Morgan fingerprint density at radius 3 is 2.50 bits per heavy atom. The smallest absolute Gasteiger partial charge is 0.152 e. The Kier molecular flexibility index (Phi) is 4.44. The van der Waals surface area contributed by atoms with Crippen LogP contribution in [0.5, 0.6) is 0 Å². The molecule has 0 fully saturated rings. The lowest BCUT2D eigenvalue weighted by atomic mass is 10.1. The lowest BCUT2D eigenvalue weighted by Crippen LogP contribution is -2.26. The Balaban J connectivity index is 2.01. The van der Waals surface area contributed by atoms with E-state index in [2.05, 4.69) is 15.5 Å². The van der Waals surface area contributed by atoms with E-state index in [-0.39, 0.29) is 17.5 Å². The normalized spacial score (nSPS) is 13.1. The molecule has 6 heteroatoms. The Hall–Kier alpha value is -1.82. The first kappa shape index (κ1) is 14.6. The summed E-state index contributed by atoms with van der Waals surface area (Å²) in [5.41, 5.74) is 2.91. The minimum absolute atomic E-state index is 0.113. The molecule has 0 spiro atoms. The van der Waals surface area contributed by atoms with Gasteiger partial charge in [-0.15, -0.1) is 0 Å². The SMILES string of the molecule is CCS(=O)(=O)CC(C)Nc1ccc(-c2ccn[nH]2)cc1. The first-order valence-electron chi connectivity index (χ1n) is 6.57. The predicted molar refractivity (Wildman–Crippen MR) is 81.4 cm³/mol. The lowest BCUT2D eigenvalue weighted by molar-refractivity contribution is 0.593. The number of anilines is 1. The minimum atomic E-state index is -2.96. The fourth-order valence-corrected chi connectivity index (χ4v) is 3.07. The quantitative estimate of drug-likeness (QED) is 0.857. The van der Waals surface area contributed by atoms with E-state index in [1.54, 1.807) is 13.1 Å². The highest BCUT2D eigenvalue weighted by molar-refractivity contribution is 7.91. The van der Waals surface area contributed by atoms with Crippen LogP contribution in [0.15, 0.2) is 36.5 Å². The first-order valence-corrected chi connectivity index (χ1v) is 8.39. The molecule has 108 valence electrons. The summed E-state index contributed by atoms with van der Waals surface area (Å²) in [5, 5.41) is 10.0. The van der Waals surface area contributed by atoms with Gasteiger partial charge in [-0.2, -0.15) is 5.10 Å². The zero-order valence-corrected chi connectivity index (χ0v) is 12.4. The van der Waals surface area contributed by atoms with Crippen molar-refractivity contribution >= 4 is 15.5 Å². The van der Waals surface area contributed by atoms with Crippen LogP contribution in [0.3, 0.4) is 0 Å². The highest BCUT2D eigenvalue weighted by atomic mass is 32.2. The van der Waals surface area contributed by atoms with E-state index >= 15 is 0 Å². The van der Waals surface area contributed by atoms with Gasteiger partial charge in [0.25, 0.3) is 0 Å². The zero-order chi connectivity index (χ0) is 14.6. The topological polar surface area (TPSA) is 74.8 Å². The van der Waals surface area contributed by atoms with Crippen molar-refractivity contribution in [1.29, 1.82) is 0 Å². The van der Waals surface area contributed by atoms with Crippen LogP contribution >= 0.6 is 0 Å². The molecule has 1 unspecified atom stereocenters. The fraction of sp³-hybridized carbons (Fsp3) is 0.357. The number of nitrogens with zero attached hydrogens (tertiary/aromatic N) is 1. The van der Waals surface area contributed by atoms with Crippen molar-refractivity contribution in [3.63, 3.8) is 0 Å². The van der Waals surface area contributed by atoms with Crippen molar-refractivity contribution in [2.45, 2.75) is 19.9 Å². The molecule has 0 radical (unpaired) electrons. The monoisotopic (exact) mass is 293 g/mol. The average molecular weight is 293 g/mol. The van der Waals surface area contributed by atoms with Crippen LogP contribution in [0.4, 0.5) is 5.69 Å². The summed E-state index contributed by atoms with van der Waals surface area (Å²) in [4.78, 5) is 0. The van der Waals surface area contributed by atoms with Crippen LogP contribution in [0.2, 0.25) is 0 Å². The molecule has 1 heterocycles. The molecule has 0 bridgehead atoms. The van der Waals surface area contributed by atoms with Crippen LogP contribution in [-0.4, -0.2) is 36.2 Å². The molecule has 2 rings (SSSR count). The van der Waals surface area contributed by atoms with Crippen molar-refractivity contribution in [3.05, 3.63) is 36.5 Å². The molecule has 0 amide bonds. The van der Waals surface area contributed by atoms with E-state index in [0.717, 1.165) is 16.9 Å². The van der Waals surface area contributed by atoms with Gasteiger partial charge in [0.15, 0.2) is 9.84 Å². The second kappa shape index (κ2) is 6.09. The van der Waals surface area contributed by atoms with E-state index in [0.29, 0.717) is 0 Å². The number of benzene rings is 1. The Morgan fingerprint density at radius 2 is 1.95 bits per heavy atom. The summed E-state index contributed by atoms with van der Waals surface area (Å²) in [6.45, 7) is 3.54. The third kappa shape index (κ3) is 3.84. The number of hydrogen-bond donors (Lipinski definition) is 2. The number of nitrogens with one attached hydrogen (secondary N) is 2. The molecule has 2 aromatic rings. The molecular formula is C14H19N3O2S. The molecule has 5 nitrogen and oxygen atoms in total. The second-order valence-electron chi connectivity index (χ2n) is 4.79. The molecule has 0 aliphatic heterocycles. The number of aromatic amines is 1. The fourth-order valence-electron chi connectivity index (χ4n) is 1.99. The maximum atomic E-state index is 11.6. The molecule has 2 N–H and O–H groups in total. The maximum absolute atomic E-state index is 11.6. The van der Waals surface area contributed by atoms with Gasteiger partial charge in [0.2, 0.25) is 0 Å². The van der Waals surface area contributed by atoms with Crippen molar-refractivity contribution in [2.24, 2.45) is 0 Å². The van der Waals surface area contributed by atoms with Gasteiger partial charge in [0.1, 0.15) is 0 Å².